The predicted molar refractivity (Wildman–Crippen MR) is 73.2 cm³/mol. The van der Waals surface area contributed by atoms with E-state index in [-0.39, 0.29) is 0 Å². The van der Waals surface area contributed by atoms with Crippen LogP contribution in [0, 0.1) is 0 Å². The number of primary amides is 1. The van der Waals surface area contributed by atoms with Crippen LogP contribution in [0.5, 0.6) is 0 Å². The van der Waals surface area contributed by atoms with E-state index >= 15 is 0 Å². The first-order chi connectivity index (χ1) is 7.49. The van der Waals surface area contributed by atoms with Crippen LogP contribution in [0.25, 0.3) is 0 Å². The van der Waals surface area contributed by atoms with Crippen molar-refractivity contribution >= 4 is 5.91 Å². The molecule has 0 unspecified atom stereocenters. The van der Waals surface area contributed by atoms with Crippen LogP contribution < -0.4 is 5.73 Å². The van der Waals surface area contributed by atoms with Crippen molar-refractivity contribution in [3.05, 3.63) is 37.0 Å². The molecule has 1 amide bonds. The maximum atomic E-state index is 10.4. The average Bonchev–Trinajstić information content (AvgIpc) is 2.28. The van der Waals surface area contributed by atoms with Gasteiger partial charge in [-0.25, -0.2) is 0 Å². The average molecular weight is 226 g/mol. The molecule has 0 saturated carbocycles. The molecule has 0 fully saturated rings. The van der Waals surface area contributed by atoms with Crippen LogP contribution in [0.2, 0.25) is 0 Å². The summed E-state index contributed by atoms with van der Waals surface area (Å²) in [5.41, 5.74) is 5.29. The highest BCUT2D eigenvalue weighted by molar-refractivity contribution is 5.94. The summed E-state index contributed by atoms with van der Waals surface area (Å²) in [6, 6.07) is 0. The molecule has 0 bridgehead atoms. The summed E-state index contributed by atoms with van der Waals surface area (Å²) in [6.07, 6.45) is 4.39. The third-order valence-electron chi connectivity index (χ3n) is 1.43. The fourth-order valence-corrected chi connectivity index (χ4v) is 0.378. The number of amides is 1. The molecular weight excluding hydrogens is 200 g/mol. The number of hydrogen-bond acceptors (Lipinski definition) is 2. The number of carbonyl (C=O) groups is 1. The molecule has 0 radical (unpaired) electrons. The van der Waals surface area contributed by atoms with Crippen LogP contribution in [-0.2, 0) is 4.79 Å². The summed E-state index contributed by atoms with van der Waals surface area (Å²) in [4.78, 5) is 12.5. The van der Waals surface area contributed by atoms with Gasteiger partial charge in [0.15, 0.2) is 0 Å². The SMILES string of the molecule is C=C/C=C(\C=C)C(N)=O.CC.CCN(C)C. The first-order valence-corrected chi connectivity index (χ1v) is 5.39. The van der Waals surface area contributed by atoms with E-state index in [1.165, 1.54) is 18.2 Å². The normalized spacial score (nSPS) is 9.25. The van der Waals surface area contributed by atoms with Gasteiger partial charge in [0, 0.05) is 5.57 Å². The monoisotopic (exact) mass is 226 g/mol. The van der Waals surface area contributed by atoms with E-state index in [0.29, 0.717) is 5.57 Å². The van der Waals surface area contributed by atoms with Crippen molar-refractivity contribution < 1.29 is 4.79 Å². The first-order valence-electron chi connectivity index (χ1n) is 5.39. The second-order valence-electron chi connectivity index (χ2n) is 2.82. The minimum Gasteiger partial charge on any atom is -0.366 e. The van der Waals surface area contributed by atoms with E-state index in [9.17, 15) is 4.79 Å². The summed E-state index contributed by atoms with van der Waals surface area (Å²) < 4.78 is 0. The molecule has 3 nitrogen and oxygen atoms in total. The Morgan fingerprint density at radius 2 is 1.69 bits per heavy atom. The maximum absolute atomic E-state index is 10.4. The van der Waals surface area contributed by atoms with E-state index in [2.05, 4.69) is 39.1 Å². The standard InChI is InChI=1S/C7H9NO.C4H11N.C2H6/c1-3-5-6(4-2)7(8)9;1-4-5(2)3;1-2/h3-5H,1-2H2,(H2,8,9);4H2,1-3H3;1-2H3/b6-5+;;. The number of allylic oxidation sites excluding steroid dienone is 2. The first kappa shape index (κ1) is 20.1. The van der Waals surface area contributed by atoms with Gasteiger partial charge in [-0.05, 0) is 20.6 Å². The maximum Gasteiger partial charge on any atom is 0.248 e. The Labute approximate surface area is 100 Å². The molecule has 0 heterocycles. The molecule has 0 aliphatic carbocycles. The molecule has 0 aliphatic heterocycles. The van der Waals surface area contributed by atoms with Gasteiger partial charge >= 0.3 is 0 Å². The summed E-state index contributed by atoms with van der Waals surface area (Å²) in [5, 5.41) is 0. The van der Waals surface area contributed by atoms with Crippen molar-refractivity contribution in [1.29, 1.82) is 0 Å². The number of carbonyl (C=O) groups excluding carboxylic acids is 1. The van der Waals surface area contributed by atoms with Crippen molar-refractivity contribution in [2.24, 2.45) is 5.73 Å². The Hall–Kier alpha value is -1.35. The lowest BCUT2D eigenvalue weighted by molar-refractivity contribution is -0.114. The highest BCUT2D eigenvalue weighted by Gasteiger charge is 1.94. The molecule has 0 aromatic rings. The van der Waals surface area contributed by atoms with E-state index in [1.54, 1.807) is 0 Å². The Bertz CT molecular complexity index is 218. The lowest BCUT2D eigenvalue weighted by Crippen LogP contribution is -2.11. The molecule has 0 aromatic heterocycles. The van der Waals surface area contributed by atoms with Gasteiger partial charge in [-0.2, -0.15) is 0 Å². The van der Waals surface area contributed by atoms with Gasteiger partial charge in [0.25, 0.3) is 0 Å². The third kappa shape index (κ3) is 18.4. The second-order valence-corrected chi connectivity index (χ2v) is 2.82. The lowest BCUT2D eigenvalue weighted by Gasteiger charge is -2.00. The molecule has 94 valence electrons. The van der Waals surface area contributed by atoms with Crippen LogP contribution >= 0.6 is 0 Å². The minimum atomic E-state index is -0.482. The Morgan fingerprint density at radius 3 is 1.75 bits per heavy atom. The Morgan fingerprint density at radius 1 is 1.31 bits per heavy atom. The molecule has 0 aromatic carbocycles. The summed E-state index contributed by atoms with van der Waals surface area (Å²) in [5.74, 6) is -0.482. The fraction of sp³-hybridized carbons (Fsp3) is 0.462. The quantitative estimate of drug-likeness (QED) is 0.591. The lowest BCUT2D eigenvalue weighted by atomic mass is 10.2. The van der Waals surface area contributed by atoms with Crippen molar-refractivity contribution in [1.82, 2.24) is 4.90 Å². The summed E-state index contributed by atoms with van der Waals surface area (Å²) in [7, 11) is 4.11. The van der Waals surface area contributed by atoms with Crippen LogP contribution in [-0.4, -0.2) is 31.4 Å². The van der Waals surface area contributed by atoms with E-state index in [0.717, 1.165) is 6.54 Å². The van der Waals surface area contributed by atoms with Gasteiger partial charge in [-0.15, -0.1) is 0 Å². The second kappa shape index (κ2) is 16.1. The van der Waals surface area contributed by atoms with Gasteiger partial charge in [0.1, 0.15) is 0 Å². The zero-order valence-corrected chi connectivity index (χ0v) is 11.3. The zero-order chi connectivity index (χ0) is 13.6. The van der Waals surface area contributed by atoms with E-state index in [4.69, 9.17) is 5.73 Å². The summed E-state index contributed by atoms with van der Waals surface area (Å²) >= 11 is 0. The number of nitrogens with two attached hydrogens (primary N) is 1. The van der Waals surface area contributed by atoms with Crippen molar-refractivity contribution in [2.75, 3.05) is 20.6 Å². The smallest absolute Gasteiger partial charge is 0.248 e. The van der Waals surface area contributed by atoms with Gasteiger partial charge in [-0.3, -0.25) is 4.79 Å². The number of nitrogens with zero attached hydrogens (tertiary/aromatic N) is 1. The Balaban J connectivity index is -0.000000205. The van der Waals surface area contributed by atoms with Crippen molar-refractivity contribution in [3.63, 3.8) is 0 Å². The van der Waals surface area contributed by atoms with Gasteiger partial charge in [0.05, 0.1) is 0 Å². The van der Waals surface area contributed by atoms with Crippen LogP contribution in [0.3, 0.4) is 0 Å². The molecule has 0 aliphatic rings. The summed E-state index contributed by atoms with van der Waals surface area (Å²) in [6.45, 7) is 14.0. The van der Waals surface area contributed by atoms with Crippen molar-refractivity contribution in [3.8, 4) is 0 Å². The van der Waals surface area contributed by atoms with Crippen LogP contribution in [0.1, 0.15) is 20.8 Å². The van der Waals surface area contributed by atoms with Crippen LogP contribution in [0.4, 0.5) is 0 Å². The largest absolute Gasteiger partial charge is 0.366 e. The molecular formula is C13H26N2O. The molecule has 0 spiro atoms. The topological polar surface area (TPSA) is 46.3 Å². The molecule has 3 heteroatoms. The molecule has 0 rings (SSSR count). The van der Waals surface area contributed by atoms with E-state index < -0.39 is 5.91 Å². The van der Waals surface area contributed by atoms with Crippen molar-refractivity contribution in [2.45, 2.75) is 20.8 Å². The fourth-order valence-electron chi connectivity index (χ4n) is 0.378. The molecule has 16 heavy (non-hydrogen) atoms. The Kier molecular flexibility index (Phi) is 20.2. The van der Waals surface area contributed by atoms with Crippen LogP contribution in [0.15, 0.2) is 37.0 Å². The highest BCUT2D eigenvalue weighted by Crippen LogP contribution is 1.92. The highest BCUT2D eigenvalue weighted by atomic mass is 16.1. The van der Waals surface area contributed by atoms with Gasteiger partial charge in [0.2, 0.25) is 5.91 Å². The third-order valence-corrected chi connectivity index (χ3v) is 1.43. The number of rotatable bonds is 4. The van der Waals surface area contributed by atoms with E-state index in [1.807, 2.05) is 13.8 Å². The predicted octanol–water partition coefficient (Wildman–Crippen LogP) is 2.36. The molecule has 0 atom stereocenters. The number of hydrogen-bond donors (Lipinski definition) is 1. The minimum absolute atomic E-state index is 0.380. The van der Waals surface area contributed by atoms with Gasteiger partial charge < -0.3 is 10.6 Å². The zero-order valence-electron chi connectivity index (χ0n) is 11.3. The molecule has 0 saturated heterocycles. The molecule has 2 N–H and O–H groups in total. The van der Waals surface area contributed by atoms with Gasteiger partial charge in [-0.1, -0.05) is 52.2 Å².